The number of hydrogen-bond donors (Lipinski definition) is 5. The number of primary amides is 1. The van der Waals surface area contributed by atoms with E-state index in [0.29, 0.717) is 42.9 Å². The Morgan fingerprint density at radius 3 is 2.07 bits per heavy atom. The molecule has 0 aromatic heterocycles. The maximum atomic E-state index is 13.2. The van der Waals surface area contributed by atoms with Gasteiger partial charge in [-0.3, -0.25) is 24.0 Å². The predicted molar refractivity (Wildman–Crippen MR) is 160 cm³/mol. The lowest BCUT2D eigenvalue weighted by molar-refractivity contribution is -0.197. The Morgan fingerprint density at radius 2 is 1.48 bits per heavy atom. The number of aryl methyl sites for hydroxylation is 1. The quantitative estimate of drug-likeness (QED) is 0.121. The van der Waals surface area contributed by atoms with E-state index in [-0.39, 0.29) is 50.5 Å². The third kappa shape index (κ3) is 12.8. The monoisotopic (exact) mass is 616 g/mol. The number of nitrogens with one attached hydrogen (secondary N) is 4. The Bertz CT molecular complexity index is 1170. The summed E-state index contributed by atoms with van der Waals surface area (Å²) >= 11 is 0. The number of imide groups is 1. The van der Waals surface area contributed by atoms with Crippen LogP contribution in [0.15, 0.2) is 24.3 Å². The maximum Gasteiger partial charge on any atom is 0.333 e. The molecule has 6 N–H and O–H groups in total. The third-order valence-electron chi connectivity index (χ3n) is 6.92. The van der Waals surface area contributed by atoms with Gasteiger partial charge in [-0.25, -0.2) is 9.59 Å². The maximum absolute atomic E-state index is 13.2. The molecule has 1 aliphatic heterocycles. The molecule has 242 valence electrons. The average molecular weight is 617 g/mol. The number of amides is 7. The van der Waals surface area contributed by atoms with Gasteiger partial charge in [0.15, 0.2) is 0 Å². The Morgan fingerprint density at radius 1 is 0.864 bits per heavy atom. The van der Waals surface area contributed by atoms with Crippen molar-refractivity contribution in [2.24, 2.45) is 11.7 Å². The summed E-state index contributed by atoms with van der Waals surface area (Å²) < 4.78 is 0. The van der Waals surface area contributed by atoms with Crippen LogP contribution in [0, 0.1) is 12.8 Å². The van der Waals surface area contributed by atoms with Crippen molar-refractivity contribution in [3.05, 3.63) is 29.8 Å². The molecule has 1 saturated heterocycles. The Hall–Kier alpha value is -4.49. The van der Waals surface area contributed by atoms with E-state index < -0.39 is 47.7 Å². The normalized spacial score (nSPS) is 14.1. The van der Waals surface area contributed by atoms with E-state index in [0.717, 1.165) is 5.56 Å². The molecule has 0 spiro atoms. The summed E-state index contributed by atoms with van der Waals surface area (Å²) in [5, 5.41) is 11.3. The summed E-state index contributed by atoms with van der Waals surface area (Å²) in [5.41, 5.74) is 6.70. The number of carbonyl (C=O) groups excluding carboxylic acids is 7. The van der Waals surface area contributed by atoms with Crippen molar-refractivity contribution in [2.75, 3.05) is 11.9 Å². The van der Waals surface area contributed by atoms with Gasteiger partial charge in [0, 0.05) is 37.9 Å². The first-order valence-electron chi connectivity index (χ1n) is 14.9. The number of unbranched alkanes of at least 4 members (excludes halogenated alkanes) is 3. The van der Waals surface area contributed by atoms with Crippen LogP contribution in [-0.4, -0.2) is 65.2 Å². The smallest absolute Gasteiger partial charge is 0.333 e. The Kier molecular flexibility index (Phi) is 14.8. The standard InChI is InChI=1S/C30H44N6O8/c1-19(2)27(35-23(37)10-6-4-5-7-11-26(40)44-36-24(38)16-17-25(36)39)29(42)34-22(9-8-18-32-30(31)43)28(41)33-21-14-12-20(3)13-15-21/h12-15,19,22,27H,4-11,16-18H2,1-3H3,(H,33,41)(H,34,42)(H,35,37)(H3,31,32,43)/t22-,27?/m0/s1. The Balaban J connectivity index is 1.82. The first kappa shape index (κ1) is 35.7. The molecule has 2 atom stereocenters. The van der Waals surface area contributed by atoms with Gasteiger partial charge in [0.05, 0.1) is 0 Å². The molecule has 2 rings (SSSR count). The fraction of sp³-hybridized carbons (Fsp3) is 0.567. The first-order valence-corrected chi connectivity index (χ1v) is 14.9. The minimum atomic E-state index is -0.926. The number of urea groups is 1. The number of hydroxylamine groups is 2. The van der Waals surface area contributed by atoms with Crippen LogP contribution in [0.2, 0.25) is 0 Å². The van der Waals surface area contributed by atoms with Crippen molar-refractivity contribution in [3.63, 3.8) is 0 Å². The van der Waals surface area contributed by atoms with Gasteiger partial charge in [-0.2, -0.15) is 0 Å². The summed E-state index contributed by atoms with van der Waals surface area (Å²) in [7, 11) is 0. The predicted octanol–water partition coefficient (Wildman–Crippen LogP) is 1.96. The minimum Gasteiger partial charge on any atom is -0.352 e. The molecule has 14 heteroatoms. The molecule has 0 radical (unpaired) electrons. The molecular formula is C30H44N6O8. The Labute approximate surface area is 257 Å². The average Bonchev–Trinajstić information content (AvgIpc) is 3.27. The first-order chi connectivity index (χ1) is 20.9. The molecular weight excluding hydrogens is 572 g/mol. The number of anilines is 1. The second kappa shape index (κ2) is 18.2. The lowest BCUT2D eigenvalue weighted by Crippen LogP contribution is -2.54. The number of nitrogens with two attached hydrogens (primary N) is 1. The van der Waals surface area contributed by atoms with Crippen LogP contribution in [-0.2, 0) is 33.6 Å². The van der Waals surface area contributed by atoms with Gasteiger partial charge in [-0.05, 0) is 50.7 Å². The highest BCUT2D eigenvalue weighted by atomic mass is 16.7. The van der Waals surface area contributed by atoms with Gasteiger partial charge in [-0.15, -0.1) is 5.06 Å². The van der Waals surface area contributed by atoms with Gasteiger partial charge in [0.2, 0.25) is 17.7 Å². The third-order valence-corrected chi connectivity index (χ3v) is 6.92. The second-order valence-corrected chi connectivity index (χ2v) is 11.1. The van der Waals surface area contributed by atoms with Crippen LogP contribution in [0.1, 0.15) is 83.6 Å². The highest BCUT2D eigenvalue weighted by Crippen LogP contribution is 2.15. The van der Waals surface area contributed by atoms with Crippen LogP contribution in [0.4, 0.5) is 10.5 Å². The zero-order valence-electron chi connectivity index (χ0n) is 25.6. The summed E-state index contributed by atoms with van der Waals surface area (Å²) in [6.45, 7) is 5.71. The van der Waals surface area contributed by atoms with Gasteiger partial charge in [0.1, 0.15) is 12.1 Å². The number of nitrogens with zero attached hydrogens (tertiary/aromatic N) is 1. The fourth-order valence-corrected chi connectivity index (χ4v) is 4.41. The summed E-state index contributed by atoms with van der Waals surface area (Å²) in [6.07, 6.45) is 3.12. The van der Waals surface area contributed by atoms with Gasteiger partial charge < -0.3 is 31.8 Å². The second-order valence-electron chi connectivity index (χ2n) is 11.1. The van der Waals surface area contributed by atoms with Crippen LogP contribution in [0.5, 0.6) is 0 Å². The van der Waals surface area contributed by atoms with Crippen LogP contribution in [0.25, 0.3) is 0 Å². The molecule has 1 aromatic rings. The molecule has 14 nitrogen and oxygen atoms in total. The number of hydrogen-bond acceptors (Lipinski definition) is 8. The molecule has 0 saturated carbocycles. The van der Waals surface area contributed by atoms with Gasteiger partial charge >= 0.3 is 12.0 Å². The molecule has 44 heavy (non-hydrogen) atoms. The lowest BCUT2D eigenvalue weighted by atomic mass is 10.0. The lowest BCUT2D eigenvalue weighted by Gasteiger charge is -2.25. The summed E-state index contributed by atoms with van der Waals surface area (Å²) in [4.78, 5) is 89.7. The molecule has 1 aromatic carbocycles. The minimum absolute atomic E-state index is 0.0353. The highest BCUT2D eigenvalue weighted by molar-refractivity contribution is 6.01. The van der Waals surface area contributed by atoms with Crippen molar-refractivity contribution < 1.29 is 38.4 Å². The van der Waals surface area contributed by atoms with Crippen molar-refractivity contribution >= 4 is 47.2 Å². The van der Waals surface area contributed by atoms with Crippen LogP contribution >= 0.6 is 0 Å². The van der Waals surface area contributed by atoms with Crippen LogP contribution in [0.3, 0.4) is 0 Å². The van der Waals surface area contributed by atoms with Crippen molar-refractivity contribution in [1.29, 1.82) is 0 Å². The largest absolute Gasteiger partial charge is 0.352 e. The van der Waals surface area contributed by atoms with E-state index in [1.807, 2.05) is 19.1 Å². The SMILES string of the molecule is Cc1ccc(NC(=O)[C@H](CCCNC(N)=O)NC(=O)C(NC(=O)CCCCCCC(=O)ON2C(=O)CCC2=O)C(C)C)cc1. The van der Waals surface area contributed by atoms with Crippen molar-refractivity contribution in [3.8, 4) is 0 Å². The van der Waals surface area contributed by atoms with Crippen molar-refractivity contribution in [2.45, 2.75) is 97.1 Å². The number of carbonyl (C=O) groups is 7. The fourth-order valence-electron chi connectivity index (χ4n) is 4.41. The number of rotatable bonds is 18. The summed E-state index contributed by atoms with van der Waals surface area (Å²) in [5.74, 6) is -3.24. The molecule has 7 amide bonds. The number of benzene rings is 1. The van der Waals surface area contributed by atoms with E-state index in [1.165, 1.54) is 0 Å². The zero-order valence-corrected chi connectivity index (χ0v) is 25.6. The highest BCUT2D eigenvalue weighted by Gasteiger charge is 2.32. The molecule has 1 fully saturated rings. The van der Waals surface area contributed by atoms with Gasteiger partial charge in [-0.1, -0.05) is 44.4 Å². The van der Waals surface area contributed by atoms with E-state index in [2.05, 4.69) is 21.3 Å². The van der Waals surface area contributed by atoms with E-state index in [9.17, 15) is 33.6 Å². The van der Waals surface area contributed by atoms with Gasteiger partial charge in [0.25, 0.3) is 11.8 Å². The summed E-state index contributed by atoms with van der Waals surface area (Å²) in [6, 6.07) is 4.70. The van der Waals surface area contributed by atoms with Crippen LogP contribution < -0.4 is 27.0 Å². The van der Waals surface area contributed by atoms with Crippen molar-refractivity contribution in [1.82, 2.24) is 21.0 Å². The molecule has 0 bridgehead atoms. The molecule has 0 aliphatic carbocycles. The van der Waals surface area contributed by atoms with E-state index in [1.54, 1.807) is 26.0 Å². The van der Waals surface area contributed by atoms with E-state index >= 15 is 0 Å². The molecule has 1 heterocycles. The molecule has 1 aliphatic rings. The molecule has 1 unspecified atom stereocenters. The zero-order chi connectivity index (χ0) is 32.6. The topological polar surface area (TPSA) is 206 Å². The van der Waals surface area contributed by atoms with E-state index in [4.69, 9.17) is 10.6 Å².